The van der Waals surface area contributed by atoms with Gasteiger partial charge in [-0.25, -0.2) is 0 Å². The quantitative estimate of drug-likeness (QED) is 0.778. The van der Waals surface area contributed by atoms with E-state index in [1.807, 2.05) is 11.3 Å². The average molecular weight is 196 g/mol. The molecule has 0 amide bonds. The molecule has 1 fully saturated rings. The van der Waals surface area contributed by atoms with Crippen molar-refractivity contribution in [1.29, 1.82) is 0 Å². The molecule has 0 aromatic carbocycles. The molecule has 1 aromatic heterocycles. The Kier molecular flexibility index (Phi) is 2.67. The molecule has 0 saturated carbocycles. The Hall–Kier alpha value is -0.380. The van der Waals surface area contributed by atoms with Crippen LogP contribution >= 0.6 is 11.3 Å². The number of rotatable bonds is 2. The van der Waals surface area contributed by atoms with Crippen molar-refractivity contribution >= 4 is 11.3 Å². The molecule has 2 rings (SSSR count). The van der Waals surface area contributed by atoms with Crippen LogP contribution in [0.2, 0.25) is 0 Å². The third kappa shape index (κ3) is 2.30. The van der Waals surface area contributed by atoms with Gasteiger partial charge in [0.25, 0.3) is 0 Å². The van der Waals surface area contributed by atoms with Gasteiger partial charge < -0.3 is 5.73 Å². The Morgan fingerprint density at radius 3 is 3.08 bits per heavy atom. The largest absolute Gasteiger partial charge is 0.326 e. The topological polar surface area (TPSA) is 29.3 Å². The van der Waals surface area contributed by atoms with E-state index in [1.165, 1.54) is 10.4 Å². The highest BCUT2D eigenvalue weighted by Crippen LogP contribution is 2.17. The van der Waals surface area contributed by atoms with Crippen LogP contribution in [0.1, 0.15) is 16.9 Å². The summed E-state index contributed by atoms with van der Waals surface area (Å²) in [6.45, 7) is 5.47. The van der Waals surface area contributed by atoms with Crippen LogP contribution in [0.5, 0.6) is 0 Å². The van der Waals surface area contributed by atoms with E-state index in [9.17, 15) is 0 Å². The van der Waals surface area contributed by atoms with Gasteiger partial charge in [0, 0.05) is 30.6 Å². The predicted molar refractivity (Wildman–Crippen MR) is 56.9 cm³/mol. The highest BCUT2D eigenvalue weighted by atomic mass is 32.1. The van der Waals surface area contributed by atoms with Crippen LogP contribution in [-0.4, -0.2) is 24.0 Å². The van der Waals surface area contributed by atoms with Crippen molar-refractivity contribution in [3.63, 3.8) is 0 Å². The SMILES string of the molecule is Cc1cc(CN2CC[C@H](N)C2)cs1. The Balaban J connectivity index is 1.91. The summed E-state index contributed by atoms with van der Waals surface area (Å²) in [5.41, 5.74) is 7.29. The van der Waals surface area contributed by atoms with Gasteiger partial charge in [-0.15, -0.1) is 11.3 Å². The molecule has 13 heavy (non-hydrogen) atoms. The number of nitrogens with two attached hydrogens (primary N) is 1. The first-order valence-electron chi connectivity index (χ1n) is 4.76. The maximum Gasteiger partial charge on any atom is 0.0242 e. The fourth-order valence-electron chi connectivity index (χ4n) is 1.85. The monoisotopic (exact) mass is 196 g/mol. The van der Waals surface area contributed by atoms with Crippen LogP contribution in [0.15, 0.2) is 11.4 Å². The van der Waals surface area contributed by atoms with Crippen LogP contribution in [0.4, 0.5) is 0 Å². The first kappa shape index (κ1) is 9.19. The lowest BCUT2D eigenvalue weighted by molar-refractivity contribution is 0.327. The zero-order chi connectivity index (χ0) is 9.26. The van der Waals surface area contributed by atoms with E-state index in [-0.39, 0.29) is 0 Å². The van der Waals surface area contributed by atoms with E-state index in [1.54, 1.807) is 0 Å². The van der Waals surface area contributed by atoms with Crippen LogP contribution in [0.3, 0.4) is 0 Å². The van der Waals surface area contributed by atoms with E-state index in [4.69, 9.17) is 5.73 Å². The summed E-state index contributed by atoms with van der Waals surface area (Å²) in [6.07, 6.45) is 1.16. The van der Waals surface area contributed by atoms with Crippen molar-refractivity contribution in [3.8, 4) is 0 Å². The standard InChI is InChI=1S/C10H16N2S/c1-8-4-9(7-13-8)5-12-3-2-10(11)6-12/h4,7,10H,2-3,5-6,11H2,1H3/t10-/m0/s1. The van der Waals surface area contributed by atoms with Gasteiger partial charge >= 0.3 is 0 Å². The maximum absolute atomic E-state index is 5.84. The predicted octanol–water partition coefficient (Wildman–Crippen LogP) is 1.59. The van der Waals surface area contributed by atoms with Gasteiger partial charge in [-0.3, -0.25) is 4.90 Å². The van der Waals surface area contributed by atoms with Crippen LogP contribution in [-0.2, 0) is 6.54 Å². The summed E-state index contributed by atoms with van der Waals surface area (Å²) < 4.78 is 0. The molecule has 0 unspecified atom stereocenters. The molecule has 1 atom stereocenters. The van der Waals surface area contributed by atoms with E-state index in [2.05, 4.69) is 23.3 Å². The molecule has 0 radical (unpaired) electrons. The average Bonchev–Trinajstić information content (AvgIpc) is 2.62. The van der Waals surface area contributed by atoms with E-state index in [0.717, 1.165) is 26.1 Å². The van der Waals surface area contributed by atoms with Crippen molar-refractivity contribution in [2.75, 3.05) is 13.1 Å². The van der Waals surface area contributed by atoms with Gasteiger partial charge in [-0.05, 0) is 30.4 Å². The lowest BCUT2D eigenvalue weighted by Gasteiger charge is -2.13. The molecule has 0 aliphatic carbocycles. The summed E-state index contributed by atoms with van der Waals surface area (Å²) in [7, 11) is 0. The molecule has 1 aromatic rings. The van der Waals surface area contributed by atoms with Crippen LogP contribution < -0.4 is 5.73 Å². The molecule has 1 aliphatic heterocycles. The van der Waals surface area contributed by atoms with E-state index >= 15 is 0 Å². The number of thiophene rings is 1. The fourth-order valence-corrected chi connectivity index (χ4v) is 2.54. The zero-order valence-corrected chi connectivity index (χ0v) is 8.81. The van der Waals surface area contributed by atoms with Gasteiger partial charge in [0.15, 0.2) is 0 Å². The van der Waals surface area contributed by atoms with Gasteiger partial charge in [-0.1, -0.05) is 0 Å². The Morgan fingerprint density at radius 2 is 2.54 bits per heavy atom. The minimum atomic E-state index is 0.403. The number of aryl methyl sites for hydroxylation is 1. The van der Waals surface area contributed by atoms with Crippen molar-refractivity contribution < 1.29 is 0 Å². The van der Waals surface area contributed by atoms with Crippen LogP contribution in [0, 0.1) is 6.92 Å². The summed E-state index contributed by atoms with van der Waals surface area (Å²) in [6, 6.07) is 2.67. The van der Waals surface area contributed by atoms with Gasteiger partial charge in [0.2, 0.25) is 0 Å². The third-order valence-electron chi connectivity index (χ3n) is 2.50. The first-order valence-corrected chi connectivity index (χ1v) is 5.64. The normalized spacial score (nSPS) is 24.0. The van der Waals surface area contributed by atoms with Gasteiger partial charge in [0.1, 0.15) is 0 Å². The number of hydrogen-bond donors (Lipinski definition) is 1. The molecule has 2 N–H and O–H groups in total. The molecular formula is C10H16N2S. The summed E-state index contributed by atoms with van der Waals surface area (Å²) >= 11 is 1.83. The fraction of sp³-hybridized carbons (Fsp3) is 0.600. The summed E-state index contributed by atoms with van der Waals surface area (Å²) in [4.78, 5) is 3.84. The molecule has 2 heterocycles. The second-order valence-electron chi connectivity index (χ2n) is 3.85. The highest BCUT2D eigenvalue weighted by Gasteiger charge is 2.18. The Bertz CT molecular complexity index is 282. The van der Waals surface area contributed by atoms with Crippen molar-refractivity contribution in [1.82, 2.24) is 4.90 Å². The molecule has 1 saturated heterocycles. The van der Waals surface area contributed by atoms with Gasteiger partial charge in [-0.2, -0.15) is 0 Å². The molecule has 0 bridgehead atoms. The molecule has 1 aliphatic rings. The first-order chi connectivity index (χ1) is 6.24. The third-order valence-corrected chi connectivity index (χ3v) is 3.41. The lowest BCUT2D eigenvalue weighted by atomic mass is 10.3. The zero-order valence-electron chi connectivity index (χ0n) is 7.99. The molecular weight excluding hydrogens is 180 g/mol. The van der Waals surface area contributed by atoms with Crippen molar-refractivity contribution in [2.45, 2.75) is 25.9 Å². The van der Waals surface area contributed by atoms with Crippen molar-refractivity contribution in [3.05, 3.63) is 21.9 Å². The molecule has 0 spiro atoms. The number of nitrogens with zero attached hydrogens (tertiary/aromatic N) is 1. The highest BCUT2D eigenvalue weighted by molar-refractivity contribution is 7.10. The van der Waals surface area contributed by atoms with E-state index < -0.39 is 0 Å². The second-order valence-corrected chi connectivity index (χ2v) is 4.96. The van der Waals surface area contributed by atoms with Gasteiger partial charge in [0.05, 0.1) is 0 Å². The van der Waals surface area contributed by atoms with Crippen LogP contribution in [0.25, 0.3) is 0 Å². The smallest absolute Gasteiger partial charge is 0.0242 e. The Morgan fingerprint density at radius 1 is 1.69 bits per heavy atom. The molecule has 3 heteroatoms. The minimum Gasteiger partial charge on any atom is -0.326 e. The second kappa shape index (κ2) is 3.78. The maximum atomic E-state index is 5.84. The minimum absolute atomic E-state index is 0.403. The van der Waals surface area contributed by atoms with Crippen molar-refractivity contribution in [2.24, 2.45) is 5.73 Å². The Labute approximate surface area is 83.4 Å². The molecule has 2 nitrogen and oxygen atoms in total. The lowest BCUT2D eigenvalue weighted by Crippen LogP contribution is -2.26. The number of likely N-dealkylation sites (tertiary alicyclic amines) is 1. The summed E-state index contributed by atoms with van der Waals surface area (Å²) in [5, 5.41) is 2.25. The van der Waals surface area contributed by atoms with E-state index in [0.29, 0.717) is 6.04 Å². The number of hydrogen-bond acceptors (Lipinski definition) is 3. The summed E-state index contributed by atoms with van der Waals surface area (Å²) in [5.74, 6) is 0. The molecule has 72 valence electrons.